The van der Waals surface area contributed by atoms with Gasteiger partial charge in [-0.15, -0.1) is 0 Å². The molecule has 3 aromatic rings. The van der Waals surface area contributed by atoms with Gasteiger partial charge in [-0.05, 0) is 54.2 Å². The number of nitrogens with zero attached hydrogens (tertiary/aromatic N) is 3. The van der Waals surface area contributed by atoms with Gasteiger partial charge in [0.05, 0.1) is 17.1 Å². The highest BCUT2D eigenvalue weighted by molar-refractivity contribution is 6.04. The molecule has 38 heavy (non-hydrogen) atoms. The Morgan fingerprint density at radius 1 is 1.18 bits per heavy atom. The molecule has 9 heteroatoms. The summed E-state index contributed by atoms with van der Waals surface area (Å²) in [6, 6.07) is 11.2. The van der Waals surface area contributed by atoms with Crippen molar-refractivity contribution < 1.29 is 18.4 Å². The smallest absolute Gasteiger partial charge is 0.263 e. The maximum atomic E-state index is 13.0. The molecule has 1 aliphatic rings. The van der Waals surface area contributed by atoms with Gasteiger partial charge >= 0.3 is 0 Å². The summed E-state index contributed by atoms with van der Waals surface area (Å²) >= 11 is 0. The summed E-state index contributed by atoms with van der Waals surface area (Å²) in [5.41, 5.74) is 2.90. The Kier molecular flexibility index (Phi) is 8.26. The molecule has 0 radical (unpaired) electrons. The molecule has 0 saturated carbocycles. The van der Waals surface area contributed by atoms with Crippen molar-refractivity contribution in [2.75, 3.05) is 18.4 Å². The van der Waals surface area contributed by atoms with E-state index in [-0.39, 0.29) is 28.5 Å². The van der Waals surface area contributed by atoms with Crippen LogP contribution in [0.3, 0.4) is 0 Å². The van der Waals surface area contributed by atoms with Crippen molar-refractivity contribution >= 4 is 28.8 Å². The van der Waals surface area contributed by atoms with E-state index >= 15 is 0 Å². The standard InChI is InChI=1S/C29H35F2N5O2/c1-5-25(37)35-14-6-7-22(35)17-36-24-13-8-19(16-32-18-29(2,3)4)15-23(24)33-28(36)34-27(38)21-11-9-20(10-12-21)26(30)31/h5,8-13,15,22,26,32H,1,6-7,14,16-18H2,2-4H3,(H,33,34,38). The molecule has 1 aliphatic heterocycles. The summed E-state index contributed by atoms with van der Waals surface area (Å²) in [4.78, 5) is 32.0. The van der Waals surface area contributed by atoms with Crippen LogP contribution >= 0.6 is 0 Å². The van der Waals surface area contributed by atoms with Crippen molar-refractivity contribution in [2.45, 2.75) is 59.2 Å². The van der Waals surface area contributed by atoms with E-state index in [4.69, 9.17) is 4.98 Å². The number of benzene rings is 2. The molecule has 0 aliphatic carbocycles. The molecule has 2 aromatic carbocycles. The van der Waals surface area contributed by atoms with Crippen LogP contribution in [0.1, 0.15) is 61.5 Å². The largest absolute Gasteiger partial charge is 0.334 e. The average molecular weight is 524 g/mol. The van der Waals surface area contributed by atoms with Gasteiger partial charge in [-0.3, -0.25) is 14.9 Å². The average Bonchev–Trinajstić information content (AvgIpc) is 3.47. The zero-order valence-corrected chi connectivity index (χ0v) is 22.1. The lowest BCUT2D eigenvalue weighted by Gasteiger charge is -2.25. The van der Waals surface area contributed by atoms with Gasteiger partial charge in [0.1, 0.15) is 0 Å². The van der Waals surface area contributed by atoms with Crippen LogP contribution < -0.4 is 10.6 Å². The lowest BCUT2D eigenvalue weighted by Crippen LogP contribution is -2.37. The number of likely N-dealkylation sites (tertiary alicyclic amines) is 1. The van der Waals surface area contributed by atoms with Gasteiger partial charge in [-0.1, -0.05) is 45.5 Å². The van der Waals surface area contributed by atoms with Crippen LogP contribution in [-0.2, 0) is 17.9 Å². The van der Waals surface area contributed by atoms with Gasteiger partial charge in [-0.2, -0.15) is 0 Å². The number of carbonyl (C=O) groups excluding carboxylic acids is 2. The van der Waals surface area contributed by atoms with Crippen LogP contribution in [0.15, 0.2) is 55.1 Å². The van der Waals surface area contributed by atoms with Crippen molar-refractivity contribution in [1.29, 1.82) is 0 Å². The molecule has 2 amide bonds. The molecule has 2 heterocycles. The van der Waals surface area contributed by atoms with E-state index in [1.54, 1.807) is 4.90 Å². The van der Waals surface area contributed by atoms with Crippen LogP contribution in [0.2, 0.25) is 0 Å². The summed E-state index contributed by atoms with van der Waals surface area (Å²) in [5.74, 6) is -0.214. The highest BCUT2D eigenvalue weighted by Crippen LogP contribution is 2.27. The Labute approximate surface area is 221 Å². The fourth-order valence-corrected chi connectivity index (χ4v) is 4.74. The van der Waals surface area contributed by atoms with E-state index in [2.05, 4.69) is 38.0 Å². The first kappa shape index (κ1) is 27.4. The number of halogens is 2. The fraction of sp³-hybridized carbons (Fsp3) is 0.414. The minimum atomic E-state index is -2.60. The number of aromatic nitrogens is 2. The van der Waals surface area contributed by atoms with Crippen molar-refractivity contribution in [3.05, 3.63) is 71.8 Å². The number of rotatable bonds is 9. The summed E-state index contributed by atoms with van der Waals surface area (Å²) < 4.78 is 27.8. The van der Waals surface area contributed by atoms with E-state index in [1.165, 1.54) is 30.3 Å². The zero-order valence-electron chi connectivity index (χ0n) is 22.1. The molecule has 1 aromatic heterocycles. The third-order valence-electron chi connectivity index (χ3n) is 6.68. The maximum absolute atomic E-state index is 13.0. The van der Waals surface area contributed by atoms with E-state index in [0.717, 1.165) is 36.0 Å². The molecular weight excluding hydrogens is 488 g/mol. The van der Waals surface area contributed by atoms with E-state index in [1.807, 2.05) is 22.8 Å². The molecule has 1 saturated heterocycles. The molecule has 202 valence electrons. The topological polar surface area (TPSA) is 79.3 Å². The zero-order chi connectivity index (χ0) is 27.4. The Hall–Kier alpha value is -3.59. The fourth-order valence-electron chi connectivity index (χ4n) is 4.74. The number of anilines is 1. The normalized spacial score (nSPS) is 15.8. The van der Waals surface area contributed by atoms with Gasteiger partial charge in [0.25, 0.3) is 12.3 Å². The lowest BCUT2D eigenvalue weighted by atomic mass is 9.97. The number of amides is 2. The number of nitrogens with one attached hydrogen (secondary N) is 2. The minimum Gasteiger partial charge on any atom is -0.334 e. The monoisotopic (exact) mass is 523 g/mol. The highest BCUT2D eigenvalue weighted by Gasteiger charge is 2.29. The van der Waals surface area contributed by atoms with E-state index in [9.17, 15) is 18.4 Å². The molecule has 2 N–H and O–H groups in total. The second-order valence-corrected chi connectivity index (χ2v) is 10.9. The molecule has 1 unspecified atom stereocenters. The van der Waals surface area contributed by atoms with Crippen LogP contribution in [0, 0.1) is 5.41 Å². The summed E-state index contributed by atoms with van der Waals surface area (Å²) in [6.45, 7) is 12.8. The van der Waals surface area contributed by atoms with Crippen LogP contribution in [0.4, 0.5) is 14.7 Å². The van der Waals surface area contributed by atoms with E-state index in [0.29, 0.717) is 25.6 Å². The predicted molar refractivity (Wildman–Crippen MR) is 145 cm³/mol. The number of hydrogen-bond acceptors (Lipinski definition) is 4. The molecule has 4 rings (SSSR count). The molecule has 0 bridgehead atoms. The van der Waals surface area contributed by atoms with Crippen molar-refractivity contribution in [3.8, 4) is 0 Å². The van der Waals surface area contributed by atoms with Gasteiger partial charge in [0, 0.05) is 37.3 Å². The Balaban J connectivity index is 1.63. The first-order valence-corrected chi connectivity index (χ1v) is 12.9. The Morgan fingerprint density at radius 2 is 1.92 bits per heavy atom. The second-order valence-electron chi connectivity index (χ2n) is 10.9. The van der Waals surface area contributed by atoms with Gasteiger partial charge in [-0.25, -0.2) is 13.8 Å². The van der Waals surface area contributed by atoms with Crippen LogP contribution in [0.5, 0.6) is 0 Å². The number of hydrogen-bond donors (Lipinski definition) is 2. The van der Waals surface area contributed by atoms with Crippen LogP contribution in [-0.4, -0.2) is 45.4 Å². The van der Waals surface area contributed by atoms with Crippen molar-refractivity contribution in [1.82, 2.24) is 19.8 Å². The lowest BCUT2D eigenvalue weighted by molar-refractivity contribution is -0.126. The molecule has 1 atom stereocenters. The maximum Gasteiger partial charge on any atom is 0.263 e. The van der Waals surface area contributed by atoms with Crippen molar-refractivity contribution in [3.63, 3.8) is 0 Å². The summed E-state index contributed by atoms with van der Waals surface area (Å²) in [6.07, 6.45) is 0.443. The number of carbonyl (C=O) groups is 2. The molecule has 0 spiro atoms. The third-order valence-corrected chi connectivity index (χ3v) is 6.68. The summed E-state index contributed by atoms with van der Waals surface area (Å²) in [5, 5.41) is 6.33. The van der Waals surface area contributed by atoms with Gasteiger partial charge in [0.2, 0.25) is 11.9 Å². The second kappa shape index (κ2) is 11.4. The Morgan fingerprint density at radius 3 is 2.58 bits per heavy atom. The molecule has 7 nitrogen and oxygen atoms in total. The number of alkyl halides is 2. The molecular formula is C29H35F2N5O2. The SMILES string of the molecule is C=CC(=O)N1CCCC1Cn1c(NC(=O)c2ccc(C(F)F)cc2)nc2cc(CNCC(C)(C)C)ccc21. The first-order chi connectivity index (χ1) is 18.1. The van der Waals surface area contributed by atoms with Gasteiger partial charge in [0.15, 0.2) is 0 Å². The molecule has 1 fully saturated rings. The van der Waals surface area contributed by atoms with Crippen LogP contribution in [0.25, 0.3) is 11.0 Å². The predicted octanol–water partition coefficient (Wildman–Crippen LogP) is 5.54. The van der Waals surface area contributed by atoms with E-state index < -0.39 is 12.3 Å². The number of imidazole rings is 1. The number of fused-ring (bicyclic) bond motifs is 1. The Bertz CT molecular complexity index is 1310. The summed E-state index contributed by atoms with van der Waals surface area (Å²) in [7, 11) is 0. The third kappa shape index (κ3) is 6.45. The van der Waals surface area contributed by atoms with Crippen molar-refractivity contribution in [2.24, 2.45) is 5.41 Å². The quantitative estimate of drug-likeness (QED) is 0.361. The minimum absolute atomic E-state index is 0.0630. The highest BCUT2D eigenvalue weighted by atomic mass is 19.3. The van der Waals surface area contributed by atoms with Gasteiger partial charge < -0.3 is 14.8 Å². The first-order valence-electron chi connectivity index (χ1n) is 12.9.